The summed E-state index contributed by atoms with van der Waals surface area (Å²) in [6, 6.07) is 14.0. The van der Waals surface area contributed by atoms with Crippen LogP contribution in [0.5, 0.6) is 5.75 Å². The van der Waals surface area contributed by atoms with Crippen molar-refractivity contribution in [3.63, 3.8) is 0 Å². The number of carbonyl (C=O) groups excluding carboxylic acids is 1. The number of benzene rings is 2. The van der Waals surface area contributed by atoms with Crippen LogP contribution in [0.1, 0.15) is 15.2 Å². The molecule has 25 heavy (non-hydrogen) atoms. The summed E-state index contributed by atoms with van der Waals surface area (Å²) < 4.78 is 5.76. The third-order valence-electron chi connectivity index (χ3n) is 3.39. The van der Waals surface area contributed by atoms with Gasteiger partial charge in [0.15, 0.2) is 0 Å². The third kappa shape index (κ3) is 4.28. The lowest BCUT2D eigenvalue weighted by Gasteiger charge is -2.11. The molecular formula is C18H12Cl3NO2S. The predicted molar refractivity (Wildman–Crippen MR) is 105 cm³/mol. The Morgan fingerprint density at radius 2 is 1.64 bits per heavy atom. The number of para-hydroxylation sites is 1. The van der Waals surface area contributed by atoms with Crippen LogP contribution in [-0.2, 0) is 6.61 Å². The molecule has 0 spiro atoms. The minimum atomic E-state index is -0.289. The molecule has 0 aliphatic rings. The van der Waals surface area contributed by atoms with Crippen molar-refractivity contribution >= 4 is 57.7 Å². The van der Waals surface area contributed by atoms with Crippen LogP contribution in [0.3, 0.4) is 0 Å². The number of nitrogens with one attached hydrogen (secondary N) is 1. The Hall–Kier alpha value is -1.72. The van der Waals surface area contributed by atoms with Gasteiger partial charge in [0.05, 0.1) is 10.7 Å². The van der Waals surface area contributed by atoms with Crippen LogP contribution in [0.2, 0.25) is 15.1 Å². The summed E-state index contributed by atoms with van der Waals surface area (Å²) in [7, 11) is 0. The van der Waals surface area contributed by atoms with E-state index in [2.05, 4.69) is 5.32 Å². The number of hydrogen-bond acceptors (Lipinski definition) is 3. The molecule has 0 aliphatic carbocycles. The van der Waals surface area contributed by atoms with E-state index in [1.54, 1.807) is 53.9 Å². The Labute approximate surface area is 164 Å². The van der Waals surface area contributed by atoms with Gasteiger partial charge in [-0.15, -0.1) is 11.3 Å². The highest BCUT2D eigenvalue weighted by Crippen LogP contribution is 2.30. The zero-order chi connectivity index (χ0) is 17.8. The van der Waals surface area contributed by atoms with Gasteiger partial charge in [0.1, 0.15) is 17.2 Å². The Bertz CT molecular complexity index is 891. The summed E-state index contributed by atoms with van der Waals surface area (Å²) in [5.41, 5.74) is 1.22. The fourth-order valence-corrected chi connectivity index (χ4v) is 3.56. The fourth-order valence-electron chi connectivity index (χ4n) is 2.14. The van der Waals surface area contributed by atoms with Crippen molar-refractivity contribution in [3.8, 4) is 5.75 Å². The number of hydrogen-bond donors (Lipinski definition) is 1. The Morgan fingerprint density at radius 1 is 0.960 bits per heavy atom. The van der Waals surface area contributed by atoms with Crippen molar-refractivity contribution in [1.29, 1.82) is 0 Å². The molecule has 0 radical (unpaired) electrons. The second kappa shape index (κ2) is 8.11. The average molecular weight is 413 g/mol. The van der Waals surface area contributed by atoms with Crippen molar-refractivity contribution in [2.45, 2.75) is 6.61 Å². The molecule has 7 heteroatoms. The average Bonchev–Trinajstić information content (AvgIpc) is 3.05. The number of carbonyl (C=O) groups is 1. The summed E-state index contributed by atoms with van der Waals surface area (Å²) in [6.45, 7) is 0.168. The van der Waals surface area contributed by atoms with E-state index in [9.17, 15) is 4.79 Å². The Kier molecular flexibility index (Phi) is 5.86. The number of thiophene rings is 1. The normalized spacial score (nSPS) is 10.5. The second-order valence-corrected chi connectivity index (χ2v) is 7.17. The predicted octanol–water partition coefficient (Wildman–Crippen LogP) is 6.54. The minimum absolute atomic E-state index is 0.168. The van der Waals surface area contributed by atoms with Crippen LogP contribution in [0.15, 0.2) is 53.9 Å². The quantitative estimate of drug-likeness (QED) is 0.516. The van der Waals surface area contributed by atoms with E-state index in [-0.39, 0.29) is 12.5 Å². The molecule has 0 saturated carbocycles. The summed E-state index contributed by atoms with van der Waals surface area (Å²) >= 11 is 19.6. The molecule has 0 unspecified atom stereocenters. The van der Waals surface area contributed by atoms with E-state index in [1.165, 1.54) is 11.3 Å². The fraction of sp³-hybridized carbons (Fsp3) is 0.0556. The smallest absolute Gasteiger partial charge is 0.269 e. The molecule has 3 rings (SSSR count). The number of anilines is 1. The molecule has 0 aliphatic heterocycles. The maximum atomic E-state index is 12.5. The van der Waals surface area contributed by atoms with Gasteiger partial charge in [0.2, 0.25) is 0 Å². The van der Waals surface area contributed by atoms with Gasteiger partial charge in [0, 0.05) is 15.6 Å². The third-order valence-corrected chi connectivity index (χ3v) is 5.32. The van der Waals surface area contributed by atoms with E-state index >= 15 is 0 Å². The molecule has 3 nitrogen and oxygen atoms in total. The highest BCUT2D eigenvalue weighted by molar-refractivity contribution is 7.12. The lowest BCUT2D eigenvalue weighted by atomic mass is 10.2. The first-order chi connectivity index (χ1) is 12.1. The Balaban J connectivity index is 1.74. The van der Waals surface area contributed by atoms with Crippen LogP contribution in [0.4, 0.5) is 5.69 Å². The van der Waals surface area contributed by atoms with Crippen molar-refractivity contribution in [2.24, 2.45) is 0 Å². The number of rotatable bonds is 5. The standard InChI is InChI=1S/C18H12Cl3NO2S/c19-12-5-3-6-13(20)11(12)10-24-16-8-9-25-17(16)18(23)22-15-7-2-1-4-14(15)21/h1-9H,10H2,(H,22,23). The van der Waals surface area contributed by atoms with Crippen LogP contribution in [-0.4, -0.2) is 5.91 Å². The summed E-state index contributed by atoms with van der Waals surface area (Å²) in [6.07, 6.45) is 0. The molecule has 0 fully saturated rings. The summed E-state index contributed by atoms with van der Waals surface area (Å²) in [5, 5.41) is 6.07. The van der Waals surface area contributed by atoms with Gasteiger partial charge in [-0.3, -0.25) is 4.79 Å². The van der Waals surface area contributed by atoms with Crippen LogP contribution >= 0.6 is 46.1 Å². The summed E-state index contributed by atoms with van der Waals surface area (Å²) in [4.78, 5) is 12.9. The summed E-state index contributed by atoms with van der Waals surface area (Å²) in [5.74, 6) is 0.175. The van der Waals surface area contributed by atoms with Gasteiger partial charge in [-0.2, -0.15) is 0 Å². The van der Waals surface area contributed by atoms with E-state index in [1.807, 2.05) is 0 Å². The maximum absolute atomic E-state index is 12.5. The van der Waals surface area contributed by atoms with E-state index in [4.69, 9.17) is 39.5 Å². The molecule has 0 saturated heterocycles. The largest absolute Gasteiger partial charge is 0.487 e. The van der Waals surface area contributed by atoms with E-state index in [0.717, 1.165) is 0 Å². The first kappa shape index (κ1) is 18.1. The highest BCUT2D eigenvalue weighted by atomic mass is 35.5. The first-order valence-corrected chi connectivity index (χ1v) is 9.26. The first-order valence-electron chi connectivity index (χ1n) is 7.25. The zero-order valence-corrected chi connectivity index (χ0v) is 15.8. The monoisotopic (exact) mass is 411 g/mol. The number of halogens is 3. The van der Waals surface area contributed by atoms with Gasteiger partial charge in [-0.25, -0.2) is 0 Å². The molecule has 2 aromatic carbocycles. The van der Waals surface area contributed by atoms with Crippen molar-refractivity contribution in [1.82, 2.24) is 0 Å². The molecule has 128 valence electrons. The maximum Gasteiger partial charge on any atom is 0.269 e. The van der Waals surface area contributed by atoms with Crippen molar-refractivity contribution < 1.29 is 9.53 Å². The van der Waals surface area contributed by atoms with Gasteiger partial charge < -0.3 is 10.1 Å². The van der Waals surface area contributed by atoms with Gasteiger partial charge >= 0.3 is 0 Å². The molecule has 0 bridgehead atoms. The molecule has 1 heterocycles. The SMILES string of the molecule is O=C(Nc1ccccc1Cl)c1sccc1OCc1c(Cl)cccc1Cl. The lowest BCUT2D eigenvalue weighted by Crippen LogP contribution is -2.12. The minimum Gasteiger partial charge on any atom is -0.487 e. The molecule has 1 amide bonds. The highest BCUT2D eigenvalue weighted by Gasteiger charge is 2.17. The van der Waals surface area contributed by atoms with Crippen molar-refractivity contribution in [2.75, 3.05) is 5.32 Å². The number of ether oxygens (including phenoxy) is 1. The number of amides is 1. The Morgan fingerprint density at radius 3 is 2.36 bits per heavy atom. The molecule has 3 aromatic rings. The van der Waals surface area contributed by atoms with Crippen LogP contribution in [0, 0.1) is 0 Å². The molecule has 1 N–H and O–H groups in total. The van der Waals surface area contributed by atoms with E-state index < -0.39 is 0 Å². The van der Waals surface area contributed by atoms with Crippen molar-refractivity contribution in [3.05, 3.63) is 79.4 Å². The molecule has 0 atom stereocenters. The lowest BCUT2D eigenvalue weighted by molar-refractivity contribution is 0.102. The van der Waals surface area contributed by atoms with Crippen LogP contribution in [0.25, 0.3) is 0 Å². The molecular weight excluding hydrogens is 401 g/mol. The van der Waals surface area contributed by atoms with Crippen LogP contribution < -0.4 is 10.1 Å². The second-order valence-electron chi connectivity index (χ2n) is 5.04. The van der Waals surface area contributed by atoms with Gasteiger partial charge in [0.25, 0.3) is 5.91 Å². The topological polar surface area (TPSA) is 38.3 Å². The zero-order valence-electron chi connectivity index (χ0n) is 12.8. The van der Waals surface area contributed by atoms with E-state index in [0.29, 0.717) is 36.9 Å². The van der Waals surface area contributed by atoms with Gasteiger partial charge in [-0.1, -0.05) is 53.0 Å². The molecule has 1 aromatic heterocycles. The van der Waals surface area contributed by atoms with Gasteiger partial charge in [-0.05, 0) is 35.7 Å².